The molecule has 0 radical (unpaired) electrons. The summed E-state index contributed by atoms with van der Waals surface area (Å²) in [4.78, 5) is 14.2. The van der Waals surface area contributed by atoms with E-state index >= 15 is 0 Å². The largest absolute Gasteiger partial charge is 0.290 e. The number of hydrogen-bond donors (Lipinski definition) is 0. The number of hydrogen-bond acceptors (Lipinski definition) is 3. The zero-order valence-electron chi connectivity index (χ0n) is 9.61. The number of rotatable bonds is 4. The summed E-state index contributed by atoms with van der Waals surface area (Å²) in [5, 5.41) is 10.6. The van der Waals surface area contributed by atoms with E-state index in [9.17, 15) is 10.1 Å². The summed E-state index contributed by atoms with van der Waals surface area (Å²) in [6.45, 7) is 5.79. The van der Waals surface area contributed by atoms with Gasteiger partial charge in [-0.15, -0.1) is 11.6 Å². The van der Waals surface area contributed by atoms with Gasteiger partial charge in [-0.3, -0.25) is 15.1 Å². The average Bonchev–Trinajstić information content (AvgIpc) is 2.16. The molecule has 4 nitrogen and oxygen atoms in total. The van der Waals surface area contributed by atoms with Crippen molar-refractivity contribution in [2.24, 2.45) is 5.92 Å². The molecule has 1 aromatic rings. The van der Waals surface area contributed by atoms with E-state index in [1.165, 1.54) is 6.20 Å². The van der Waals surface area contributed by atoms with Gasteiger partial charge in [-0.1, -0.05) is 13.8 Å². The van der Waals surface area contributed by atoms with Crippen LogP contribution in [0.4, 0.5) is 5.69 Å². The van der Waals surface area contributed by atoms with Crippen molar-refractivity contribution in [3.8, 4) is 0 Å². The van der Waals surface area contributed by atoms with Crippen LogP contribution in [0.3, 0.4) is 0 Å². The number of pyridine rings is 1. The second-order valence-corrected chi connectivity index (χ2v) is 4.74. The molecular formula is C11H15ClN2O2. The van der Waals surface area contributed by atoms with E-state index in [1.54, 1.807) is 13.0 Å². The summed E-state index contributed by atoms with van der Waals surface area (Å²) >= 11 is 6.13. The van der Waals surface area contributed by atoms with Crippen molar-refractivity contribution in [3.05, 3.63) is 33.6 Å². The highest BCUT2D eigenvalue weighted by atomic mass is 35.5. The number of nitrogens with zero attached hydrogens (tertiary/aromatic N) is 2. The van der Waals surface area contributed by atoms with Crippen LogP contribution in [0.2, 0.25) is 0 Å². The van der Waals surface area contributed by atoms with Crippen molar-refractivity contribution in [2.45, 2.75) is 32.6 Å². The van der Waals surface area contributed by atoms with Crippen LogP contribution in [0.5, 0.6) is 0 Å². The lowest BCUT2D eigenvalue weighted by Crippen LogP contribution is -2.12. The molecule has 0 amide bonds. The van der Waals surface area contributed by atoms with Crippen LogP contribution >= 0.6 is 11.6 Å². The maximum atomic E-state index is 10.6. The molecule has 0 aliphatic carbocycles. The van der Waals surface area contributed by atoms with Gasteiger partial charge in [-0.25, -0.2) is 0 Å². The van der Waals surface area contributed by atoms with Crippen LogP contribution in [0.15, 0.2) is 12.3 Å². The second kappa shape index (κ2) is 5.25. The summed E-state index contributed by atoms with van der Waals surface area (Å²) in [6, 6.07) is 1.73. The third-order valence-electron chi connectivity index (χ3n) is 2.46. The van der Waals surface area contributed by atoms with Crippen LogP contribution in [-0.2, 0) is 6.42 Å². The molecule has 88 valence electrons. The lowest BCUT2D eigenvalue weighted by Gasteiger charge is -2.12. The molecule has 0 fully saturated rings. The van der Waals surface area contributed by atoms with Crippen LogP contribution in [-0.4, -0.2) is 15.3 Å². The van der Waals surface area contributed by atoms with E-state index in [-0.39, 0.29) is 11.1 Å². The molecule has 0 aliphatic rings. The average molecular weight is 243 g/mol. The number of aryl methyl sites for hydroxylation is 1. The minimum atomic E-state index is -0.424. The molecule has 1 unspecified atom stereocenters. The molecule has 0 saturated carbocycles. The van der Waals surface area contributed by atoms with Crippen molar-refractivity contribution in [3.63, 3.8) is 0 Å². The SMILES string of the molecule is Cc1cc(CC(Cl)C(C)C)ncc1[N+](=O)[O-]. The van der Waals surface area contributed by atoms with Gasteiger partial charge < -0.3 is 0 Å². The zero-order chi connectivity index (χ0) is 12.3. The van der Waals surface area contributed by atoms with Crippen molar-refractivity contribution in [2.75, 3.05) is 0 Å². The Bertz CT molecular complexity index is 394. The topological polar surface area (TPSA) is 56.0 Å². The Hall–Kier alpha value is -1.16. The van der Waals surface area contributed by atoms with Crippen molar-refractivity contribution < 1.29 is 4.92 Å². The summed E-state index contributed by atoms with van der Waals surface area (Å²) in [5.74, 6) is 0.360. The second-order valence-electron chi connectivity index (χ2n) is 4.18. The fourth-order valence-corrected chi connectivity index (χ4v) is 1.50. The van der Waals surface area contributed by atoms with Gasteiger partial charge in [-0.05, 0) is 18.9 Å². The number of nitro groups is 1. The molecule has 0 spiro atoms. The molecule has 1 heterocycles. The molecular weight excluding hydrogens is 228 g/mol. The Morgan fingerprint density at radius 3 is 2.62 bits per heavy atom. The highest BCUT2D eigenvalue weighted by Crippen LogP contribution is 2.20. The third-order valence-corrected chi connectivity index (χ3v) is 3.12. The first-order valence-electron chi connectivity index (χ1n) is 5.15. The summed E-state index contributed by atoms with van der Waals surface area (Å²) in [6.07, 6.45) is 1.94. The van der Waals surface area contributed by atoms with Crippen molar-refractivity contribution in [1.82, 2.24) is 4.98 Å². The fraction of sp³-hybridized carbons (Fsp3) is 0.545. The van der Waals surface area contributed by atoms with E-state index in [4.69, 9.17) is 11.6 Å². The minimum Gasteiger partial charge on any atom is -0.258 e. The quantitative estimate of drug-likeness (QED) is 0.463. The molecule has 5 heteroatoms. The Morgan fingerprint density at radius 1 is 1.56 bits per heavy atom. The molecule has 0 aliphatic heterocycles. The van der Waals surface area contributed by atoms with E-state index in [2.05, 4.69) is 4.98 Å². The summed E-state index contributed by atoms with van der Waals surface area (Å²) < 4.78 is 0. The normalized spacial score (nSPS) is 12.8. The van der Waals surface area contributed by atoms with Gasteiger partial charge in [0.25, 0.3) is 5.69 Å². The summed E-state index contributed by atoms with van der Waals surface area (Å²) in [7, 11) is 0. The van der Waals surface area contributed by atoms with Crippen LogP contribution in [0.25, 0.3) is 0 Å². The van der Waals surface area contributed by atoms with E-state index in [0.29, 0.717) is 17.9 Å². The van der Waals surface area contributed by atoms with E-state index < -0.39 is 4.92 Å². The standard InChI is InChI=1S/C11H15ClN2O2/c1-7(2)10(12)5-9-4-8(3)11(6-13-9)14(15)16/h4,6-7,10H,5H2,1-3H3. The fourth-order valence-electron chi connectivity index (χ4n) is 1.35. The van der Waals surface area contributed by atoms with Gasteiger partial charge in [0.1, 0.15) is 6.20 Å². The van der Waals surface area contributed by atoms with Gasteiger partial charge in [0, 0.05) is 23.1 Å². The molecule has 0 saturated heterocycles. The Balaban J connectivity index is 2.85. The third kappa shape index (κ3) is 3.17. The first-order valence-corrected chi connectivity index (χ1v) is 5.59. The Labute approximate surface area is 99.8 Å². The van der Waals surface area contributed by atoms with Crippen molar-refractivity contribution >= 4 is 17.3 Å². The Kier molecular flexibility index (Phi) is 4.24. The molecule has 0 aromatic carbocycles. The van der Waals surface area contributed by atoms with Gasteiger partial charge in [0.2, 0.25) is 0 Å². The van der Waals surface area contributed by atoms with Crippen molar-refractivity contribution in [1.29, 1.82) is 0 Å². The first-order chi connectivity index (χ1) is 7.41. The maximum Gasteiger partial charge on any atom is 0.290 e. The predicted molar refractivity (Wildman–Crippen MR) is 63.8 cm³/mol. The molecule has 0 N–H and O–H groups in total. The lowest BCUT2D eigenvalue weighted by atomic mass is 10.0. The smallest absolute Gasteiger partial charge is 0.258 e. The van der Waals surface area contributed by atoms with E-state index in [0.717, 1.165) is 5.69 Å². The number of alkyl halides is 1. The molecule has 0 bridgehead atoms. The highest BCUT2D eigenvalue weighted by molar-refractivity contribution is 6.20. The number of halogens is 1. The van der Waals surface area contributed by atoms with E-state index in [1.807, 2.05) is 13.8 Å². The number of aromatic nitrogens is 1. The van der Waals surface area contributed by atoms with Gasteiger partial charge in [0.05, 0.1) is 4.92 Å². The monoisotopic (exact) mass is 242 g/mol. The minimum absolute atomic E-state index is 0.00774. The van der Waals surface area contributed by atoms with Crippen LogP contribution < -0.4 is 0 Å². The first kappa shape index (κ1) is 12.9. The predicted octanol–water partition coefficient (Wildman–Crippen LogP) is 3.10. The van der Waals surface area contributed by atoms with Gasteiger partial charge >= 0.3 is 0 Å². The summed E-state index contributed by atoms with van der Waals surface area (Å²) in [5.41, 5.74) is 1.49. The maximum absolute atomic E-state index is 10.6. The lowest BCUT2D eigenvalue weighted by molar-refractivity contribution is -0.385. The molecule has 1 atom stereocenters. The van der Waals surface area contributed by atoms with Gasteiger partial charge in [-0.2, -0.15) is 0 Å². The van der Waals surface area contributed by atoms with Crippen LogP contribution in [0.1, 0.15) is 25.1 Å². The zero-order valence-corrected chi connectivity index (χ0v) is 10.4. The Morgan fingerprint density at radius 2 is 2.19 bits per heavy atom. The molecule has 1 rings (SSSR count). The molecule has 1 aromatic heterocycles. The van der Waals surface area contributed by atoms with Gasteiger partial charge in [0.15, 0.2) is 0 Å². The molecule has 16 heavy (non-hydrogen) atoms. The van der Waals surface area contributed by atoms with Crippen LogP contribution in [0, 0.1) is 23.0 Å². The highest BCUT2D eigenvalue weighted by Gasteiger charge is 2.15.